The number of rotatable bonds is 6. The lowest BCUT2D eigenvalue weighted by Crippen LogP contribution is -2.08. The molecular formula is C21H18BrNO5. The molecule has 144 valence electrons. The van der Waals surface area contributed by atoms with Gasteiger partial charge >= 0.3 is 11.9 Å². The fourth-order valence-corrected chi connectivity index (χ4v) is 3.10. The van der Waals surface area contributed by atoms with Gasteiger partial charge in [-0.3, -0.25) is 4.79 Å². The third-order valence-corrected chi connectivity index (χ3v) is 4.46. The van der Waals surface area contributed by atoms with Gasteiger partial charge in [-0.1, -0.05) is 25.1 Å². The number of hydrogen-bond acceptors (Lipinski definition) is 6. The van der Waals surface area contributed by atoms with Crippen LogP contribution in [0.25, 0.3) is 6.08 Å². The second-order valence-corrected chi connectivity index (χ2v) is 6.81. The van der Waals surface area contributed by atoms with E-state index in [4.69, 9.17) is 14.2 Å². The number of ether oxygens (including phenoxy) is 3. The normalized spacial score (nSPS) is 14.6. The molecule has 2 aromatic carbocycles. The van der Waals surface area contributed by atoms with Gasteiger partial charge in [-0.2, -0.15) is 0 Å². The highest BCUT2D eigenvalue weighted by Gasteiger charge is 2.24. The molecule has 0 N–H and O–H groups in total. The molecule has 0 saturated carbocycles. The van der Waals surface area contributed by atoms with Crippen LogP contribution >= 0.6 is 15.9 Å². The molecule has 0 bridgehead atoms. The summed E-state index contributed by atoms with van der Waals surface area (Å²) < 4.78 is 16.5. The van der Waals surface area contributed by atoms with Crippen LogP contribution in [-0.2, 0) is 14.3 Å². The number of carbonyl (C=O) groups is 2. The Morgan fingerprint density at radius 1 is 1.25 bits per heavy atom. The molecule has 0 radical (unpaired) electrons. The Morgan fingerprint density at radius 3 is 2.68 bits per heavy atom. The van der Waals surface area contributed by atoms with Crippen LogP contribution in [0.1, 0.15) is 30.9 Å². The lowest BCUT2D eigenvalue weighted by Gasteiger charge is -2.12. The number of cyclic esters (lactones) is 1. The van der Waals surface area contributed by atoms with E-state index in [0.29, 0.717) is 34.4 Å². The van der Waals surface area contributed by atoms with Gasteiger partial charge in [0.05, 0.1) is 11.6 Å². The van der Waals surface area contributed by atoms with Gasteiger partial charge in [0.2, 0.25) is 5.90 Å². The largest absolute Gasteiger partial charge is 0.493 e. The highest BCUT2D eigenvalue weighted by atomic mass is 79.9. The number of methoxy groups -OCH3 is 1. The first-order valence-corrected chi connectivity index (χ1v) is 9.47. The lowest BCUT2D eigenvalue weighted by atomic mass is 10.1. The number of benzene rings is 2. The van der Waals surface area contributed by atoms with Crippen molar-refractivity contribution in [1.29, 1.82) is 0 Å². The minimum Gasteiger partial charge on any atom is -0.493 e. The molecule has 2 aromatic rings. The highest BCUT2D eigenvalue weighted by molar-refractivity contribution is 9.10. The molecule has 0 saturated heterocycles. The van der Waals surface area contributed by atoms with E-state index in [0.717, 1.165) is 5.56 Å². The fourth-order valence-electron chi connectivity index (χ4n) is 2.56. The summed E-state index contributed by atoms with van der Waals surface area (Å²) in [5, 5.41) is 0. The van der Waals surface area contributed by atoms with Crippen molar-refractivity contribution < 1.29 is 23.8 Å². The predicted molar refractivity (Wildman–Crippen MR) is 108 cm³/mol. The van der Waals surface area contributed by atoms with Crippen molar-refractivity contribution in [2.24, 2.45) is 4.99 Å². The number of esters is 2. The number of aliphatic imine (C=N–C) groups is 1. The van der Waals surface area contributed by atoms with E-state index in [9.17, 15) is 9.59 Å². The molecular weight excluding hydrogens is 426 g/mol. The van der Waals surface area contributed by atoms with E-state index in [2.05, 4.69) is 20.9 Å². The van der Waals surface area contributed by atoms with Gasteiger partial charge in [0.1, 0.15) is 0 Å². The Labute approximate surface area is 171 Å². The van der Waals surface area contributed by atoms with Gasteiger partial charge in [-0.05, 0) is 58.3 Å². The lowest BCUT2D eigenvalue weighted by molar-refractivity contribution is -0.134. The molecule has 6 nitrogen and oxygen atoms in total. The predicted octanol–water partition coefficient (Wildman–Crippen LogP) is 4.51. The molecule has 0 spiro atoms. The molecule has 0 amide bonds. The summed E-state index contributed by atoms with van der Waals surface area (Å²) in [4.78, 5) is 28.3. The maximum Gasteiger partial charge on any atom is 0.363 e. The zero-order valence-corrected chi connectivity index (χ0v) is 17.0. The molecule has 1 heterocycles. The first-order chi connectivity index (χ1) is 13.5. The van der Waals surface area contributed by atoms with E-state index in [1.807, 2.05) is 37.3 Å². The maximum atomic E-state index is 12.2. The van der Waals surface area contributed by atoms with E-state index in [-0.39, 0.29) is 17.6 Å². The zero-order valence-electron chi connectivity index (χ0n) is 15.4. The van der Waals surface area contributed by atoms with E-state index < -0.39 is 5.97 Å². The van der Waals surface area contributed by atoms with Crippen LogP contribution in [0.2, 0.25) is 0 Å². The van der Waals surface area contributed by atoms with Crippen molar-refractivity contribution in [2.75, 3.05) is 7.11 Å². The average molecular weight is 444 g/mol. The van der Waals surface area contributed by atoms with Crippen molar-refractivity contribution in [3.63, 3.8) is 0 Å². The number of hydrogen-bond donors (Lipinski definition) is 0. The first-order valence-electron chi connectivity index (χ1n) is 8.68. The van der Waals surface area contributed by atoms with Gasteiger partial charge in [0.25, 0.3) is 0 Å². The molecule has 1 aliphatic heterocycles. The van der Waals surface area contributed by atoms with Crippen molar-refractivity contribution >= 4 is 39.8 Å². The number of nitrogens with zero attached hydrogens (tertiary/aromatic N) is 1. The Hall–Kier alpha value is -2.93. The topological polar surface area (TPSA) is 74.2 Å². The van der Waals surface area contributed by atoms with Crippen molar-refractivity contribution in [3.05, 3.63) is 63.8 Å². The third kappa shape index (κ3) is 4.48. The molecule has 0 atom stereocenters. The standard InChI is InChI=1S/C21H18BrNO5/c1-3-7-18(24)27-19-15(22)10-13(12-17(19)26-2)11-16-21(25)28-20(23-16)14-8-5-4-6-9-14/h4-6,8-12H,3,7H2,1-2H3/b16-11-. The number of carbonyl (C=O) groups excluding carboxylic acids is 2. The smallest absolute Gasteiger partial charge is 0.363 e. The monoisotopic (exact) mass is 443 g/mol. The Bertz CT molecular complexity index is 966. The maximum absolute atomic E-state index is 12.2. The second kappa shape index (κ2) is 8.84. The van der Waals surface area contributed by atoms with Crippen molar-refractivity contribution in [2.45, 2.75) is 19.8 Å². The molecule has 0 unspecified atom stereocenters. The van der Waals surface area contributed by atoms with Crippen molar-refractivity contribution in [1.82, 2.24) is 0 Å². The molecule has 28 heavy (non-hydrogen) atoms. The summed E-state index contributed by atoms with van der Waals surface area (Å²) in [6.45, 7) is 1.90. The van der Waals surface area contributed by atoms with Crippen LogP contribution in [0.5, 0.6) is 11.5 Å². The Kier molecular flexibility index (Phi) is 6.26. The van der Waals surface area contributed by atoms with Gasteiger partial charge in [0.15, 0.2) is 17.2 Å². The quantitative estimate of drug-likeness (QED) is 0.373. The summed E-state index contributed by atoms with van der Waals surface area (Å²) >= 11 is 3.39. The SMILES string of the molecule is CCCC(=O)Oc1c(Br)cc(/C=C2\N=C(c3ccccc3)OC2=O)cc1OC. The minimum atomic E-state index is -0.535. The average Bonchev–Trinajstić information content (AvgIpc) is 3.05. The van der Waals surface area contributed by atoms with Crippen LogP contribution in [0.15, 0.2) is 57.6 Å². The number of halogens is 1. The van der Waals surface area contributed by atoms with Crippen LogP contribution in [-0.4, -0.2) is 24.9 Å². The third-order valence-electron chi connectivity index (χ3n) is 3.87. The summed E-state index contributed by atoms with van der Waals surface area (Å²) in [5.41, 5.74) is 1.53. The first kappa shape index (κ1) is 19.8. The summed E-state index contributed by atoms with van der Waals surface area (Å²) in [6.07, 6.45) is 2.58. The summed E-state index contributed by atoms with van der Waals surface area (Å²) in [6, 6.07) is 12.6. The highest BCUT2D eigenvalue weighted by Crippen LogP contribution is 2.38. The fraction of sp³-hybridized carbons (Fsp3) is 0.190. The molecule has 3 rings (SSSR count). The molecule has 0 aromatic heterocycles. The van der Waals surface area contributed by atoms with Gasteiger partial charge in [-0.25, -0.2) is 9.79 Å². The molecule has 1 aliphatic rings. The van der Waals surface area contributed by atoms with Gasteiger partial charge in [-0.15, -0.1) is 0 Å². The molecule has 0 aliphatic carbocycles. The zero-order chi connectivity index (χ0) is 20.1. The van der Waals surface area contributed by atoms with Gasteiger partial charge < -0.3 is 14.2 Å². The van der Waals surface area contributed by atoms with E-state index in [1.54, 1.807) is 18.2 Å². The van der Waals surface area contributed by atoms with Crippen LogP contribution in [0.4, 0.5) is 0 Å². The Morgan fingerprint density at radius 2 is 2.00 bits per heavy atom. The van der Waals surface area contributed by atoms with Crippen LogP contribution < -0.4 is 9.47 Å². The molecule has 7 heteroatoms. The van der Waals surface area contributed by atoms with Gasteiger partial charge in [0, 0.05) is 12.0 Å². The second-order valence-electron chi connectivity index (χ2n) is 5.96. The summed E-state index contributed by atoms with van der Waals surface area (Å²) in [5.74, 6) is 0.0411. The Balaban J connectivity index is 1.91. The molecule has 0 fully saturated rings. The minimum absolute atomic E-state index is 0.170. The van der Waals surface area contributed by atoms with E-state index >= 15 is 0 Å². The summed E-state index contributed by atoms with van der Waals surface area (Å²) in [7, 11) is 1.48. The van der Waals surface area contributed by atoms with Crippen LogP contribution in [0.3, 0.4) is 0 Å². The van der Waals surface area contributed by atoms with Crippen molar-refractivity contribution in [3.8, 4) is 11.5 Å². The van der Waals surface area contributed by atoms with Crippen LogP contribution in [0, 0.1) is 0 Å². The van der Waals surface area contributed by atoms with E-state index in [1.165, 1.54) is 7.11 Å².